The van der Waals surface area contributed by atoms with Crippen LogP contribution < -0.4 is 5.32 Å². The zero-order valence-corrected chi connectivity index (χ0v) is 8.08. The molecule has 0 atom stereocenters. The first-order valence-corrected chi connectivity index (χ1v) is 4.58. The molecule has 1 aliphatic heterocycles. The van der Waals surface area contributed by atoms with Crippen LogP contribution in [0.1, 0.15) is 38.5 Å². The molecule has 2 fully saturated rings. The Balaban J connectivity index is 0.000000720. The van der Waals surface area contributed by atoms with Gasteiger partial charge in [0.2, 0.25) is 0 Å². The van der Waals surface area contributed by atoms with Crippen LogP contribution in [0.2, 0.25) is 0 Å². The van der Waals surface area contributed by atoms with E-state index in [1.165, 1.54) is 25.7 Å². The van der Waals surface area contributed by atoms with Crippen LogP contribution in [0, 0.1) is 0 Å². The highest BCUT2D eigenvalue weighted by atomic mass is 35.5. The lowest BCUT2D eigenvalue weighted by molar-refractivity contribution is -0.122. The third-order valence-electron chi connectivity index (χ3n) is 3.00. The van der Waals surface area contributed by atoms with Crippen molar-refractivity contribution < 1.29 is 4.79 Å². The summed E-state index contributed by atoms with van der Waals surface area (Å²) in [5.74, 6) is 0.464. The van der Waals surface area contributed by atoms with Gasteiger partial charge in [0.25, 0.3) is 0 Å². The maximum Gasteiger partial charge on any atom is 0.136 e. The number of halogens is 1. The van der Waals surface area contributed by atoms with Gasteiger partial charge in [-0.25, -0.2) is 0 Å². The molecule has 2 aliphatic rings. The van der Waals surface area contributed by atoms with Gasteiger partial charge in [0.15, 0.2) is 0 Å². The van der Waals surface area contributed by atoms with Gasteiger partial charge < -0.3 is 5.32 Å². The first-order valence-electron chi connectivity index (χ1n) is 4.58. The van der Waals surface area contributed by atoms with Crippen LogP contribution in [0.15, 0.2) is 0 Å². The molecule has 1 spiro atoms. The summed E-state index contributed by atoms with van der Waals surface area (Å²) in [5, 5.41) is 3.50. The normalized spacial score (nSPS) is 27.2. The Morgan fingerprint density at radius 1 is 1.25 bits per heavy atom. The van der Waals surface area contributed by atoms with E-state index in [0.29, 0.717) is 5.78 Å². The molecule has 1 saturated heterocycles. The van der Waals surface area contributed by atoms with Crippen molar-refractivity contribution in [1.82, 2.24) is 5.32 Å². The van der Waals surface area contributed by atoms with Crippen LogP contribution in [0.4, 0.5) is 0 Å². The molecule has 0 aromatic rings. The molecule has 1 heterocycles. The lowest BCUT2D eigenvalue weighted by Gasteiger charge is -2.33. The molecule has 0 aromatic heterocycles. The summed E-state index contributed by atoms with van der Waals surface area (Å²) in [6.07, 6.45) is 6.60. The SMILES string of the molecule is Cl.O=C1CCNC2(CCCC2)C1. The predicted octanol–water partition coefficient (Wildman–Crippen LogP) is 1.67. The van der Waals surface area contributed by atoms with Crippen LogP contribution in [0.25, 0.3) is 0 Å². The monoisotopic (exact) mass is 189 g/mol. The molecule has 0 unspecified atom stereocenters. The number of rotatable bonds is 0. The van der Waals surface area contributed by atoms with E-state index in [1.54, 1.807) is 0 Å². The summed E-state index contributed by atoms with van der Waals surface area (Å²) < 4.78 is 0. The van der Waals surface area contributed by atoms with E-state index in [1.807, 2.05) is 0 Å². The number of ketones is 1. The minimum absolute atomic E-state index is 0. The molecular formula is C9H16ClNO. The first-order chi connectivity index (χ1) is 5.31. The minimum atomic E-state index is 0. The van der Waals surface area contributed by atoms with Crippen molar-refractivity contribution in [2.75, 3.05) is 6.54 Å². The number of Topliss-reactive ketones (excluding diaryl/α,β-unsaturated/α-hetero) is 1. The van der Waals surface area contributed by atoms with Crippen molar-refractivity contribution in [1.29, 1.82) is 0 Å². The Kier molecular flexibility index (Phi) is 3.13. The largest absolute Gasteiger partial charge is 0.310 e. The van der Waals surface area contributed by atoms with Gasteiger partial charge in [0.1, 0.15) is 5.78 Å². The highest BCUT2D eigenvalue weighted by Gasteiger charge is 2.37. The highest BCUT2D eigenvalue weighted by molar-refractivity contribution is 5.85. The molecule has 12 heavy (non-hydrogen) atoms. The summed E-state index contributed by atoms with van der Waals surface area (Å²) in [7, 11) is 0. The van der Waals surface area contributed by atoms with E-state index < -0.39 is 0 Å². The molecule has 0 amide bonds. The third-order valence-corrected chi connectivity index (χ3v) is 3.00. The summed E-state index contributed by atoms with van der Waals surface area (Å²) >= 11 is 0. The van der Waals surface area contributed by atoms with E-state index >= 15 is 0 Å². The molecular weight excluding hydrogens is 174 g/mol. The van der Waals surface area contributed by atoms with Crippen LogP contribution in [-0.2, 0) is 4.79 Å². The van der Waals surface area contributed by atoms with Gasteiger partial charge in [-0.05, 0) is 12.8 Å². The molecule has 3 heteroatoms. The Morgan fingerprint density at radius 3 is 2.50 bits per heavy atom. The number of carbonyl (C=O) groups is 1. The smallest absolute Gasteiger partial charge is 0.136 e. The van der Waals surface area contributed by atoms with E-state index in [0.717, 1.165) is 19.4 Å². The summed E-state index contributed by atoms with van der Waals surface area (Å²) in [5.41, 5.74) is 0.245. The molecule has 1 saturated carbocycles. The first kappa shape index (κ1) is 10.0. The average molecular weight is 190 g/mol. The van der Waals surface area contributed by atoms with Crippen LogP contribution in [-0.4, -0.2) is 17.9 Å². The average Bonchev–Trinajstić information content (AvgIpc) is 2.37. The number of piperidine rings is 1. The molecule has 0 aromatic carbocycles. The van der Waals surface area contributed by atoms with Crippen LogP contribution in [0.5, 0.6) is 0 Å². The van der Waals surface area contributed by atoms with Crippen LogP contribution >= 0.6 is 12.4 Å². The van der Waals surface area contributed by atoms with Gasteiger partial charge in [-0.1, -0.05) is 12.8 Å². The second-order valence-electron chi connectivity index (χ2n) is 3.88. The fourth-order valence-electron chi connectivity index (χ4n) is 2.40. The lowest BCUT2D eigenvalue weighted by atomic mass is 9.87. The van der Waals surface area contributed by atoms with E-state index in [4.69, 9.17) is 0 Å². The van der Waals surface area contributed by atoms with E-state index in [-0.39, 0.29) is 17.9 Å². The number of hydrogen-bond donors (Lipinski definition) is 1. The fraction of sp³-hybridized carbons (Fsp3) is 0.889. The Morgan fingerprint density at radius 2 is 1.92 bits per heavy atom. The second kappa shape index (κ2) is 3.75. The number of hydrogen-bond acceptors (Lipinski definition) is 2. The van der Waals surface area contributed by atoms with Crippen molar-refractivity contribution in [3.8, 4) is 0 Å². The van der Waals surface area contributed by atoms with Crippen molar-refractivity contribution >= 4 is 18.2 Å². The number of carbonyl (C=O) groups excluding carboxylic acids is 1. The molecule has 1 aliphatic carbocycles. The van der Waals surface area contributed by atoms with Gasteiger partial charge in [0, 0.05) is 24.9 Å². The topological polar surface area (TPSA) is 29.1 Å². The lowest BCUT2D eigenvalue weighted by Crippen LogP contribution is -2.49. The van der Waals surface area contributed by atoms with Crippen molar-refractivity contribution in [3.05, 3.63) is 0 Å². The van der Waals surface area contributed by atoms with Gasteiger partial charge in [-0.15, -0.1) is 12.4 Å². The summed E-state index contributed by atoms with van der Waals surface area (Å²) in [6, 6.07) is 0. The zero-order chi connectivity index (χ0) is 7.73. The molecule has 70 valence electrons. The van der Waals surface area contributed by atoms with E-state index in [2.05, 4.69) is 5.32 Å². The molecule has 2 nitrogen and oxygen atoms in total. The van der Waals surface area contributed by atoms with Crippen molar-refractivity contribution in [2.24, 2.45) is 0 Å². The summed E-state index contributed by atoms with van der Waals surface area (Å²) in [6.45, 7) is 0.916. The standard InChI is InChI=1S/C9H15NO.ClH/c11-8-3-6-10-9(7-8)4-1-2-5-9;/h10H,1-7H2;1H. The van der Waals surface area contributed by atoms with Crippen LogP contribution in [0.3, 0.4) is 0 Å². The van der Waals surface area contributed by atoms with Crippen molar-refractivity contribution in [3.63, 3.8) is 0 Å². The van der Waals surface area contributed by atoms with Gasteiger partial charge in [-0.3, -0.25) is 4.79 Å². The van der Waals surface area contributed by atoms with Crippen molar-refractivity contribution in [2.45, 2.75) is 44.1 Å². The van der Waals surface area contributed by atoms with Gasteiger partial charge in [-0.2, -0.15) is 0 Å². The second-order valence-corrected chi connectivity index (χ2v) is 3.88. The zero-order valence-electron chi connectivity index (χ0n) is 7.27. The summed E-state index contributed by atoms with van der Waals surface area (Å²) in [4.78, 5) is 11.2. The predicted molar refractivity (Wildman–Crippen MR) is 50.7 cm³/mol. The Hall–Kier alpha value is -0.0800. The molecule has 0 radical (unpaired) electrons. The molecule has 0 bridgehead atoms. The minimum Gasteiger partial charge on any atom is -0.310 e. The fourth-order valence-corrected chi connectivity index (χ4v) is 2.40. The molecule has 1 N–H and O–H groups in total. The quantitative estimate of drug-likeness (QED) is 0.628. The molecule has 2 rings (SSSR count). The van der Waals surface area contributed by atoms with Gasteiger partial charge in [0.05, 0.1) is 0 Å². The van der Waals surface area contributed by atoms with Gasteiger partial charge >= 0.3 is 0 Å². The highest BCUT2D eigenvalue weighted by Crippen LogP contribution is 2.34. The third kappa shape index (κ3) is 1.80. The Labute approximate surface area is 79.5 Å². The maximum absolute atomic E-state index is 11.2. The number of nitrogens with one attached hydrogen (secondary N) is 1. The Bertz CT molecular complexity index is 175. The van der Waals surface area contributed by atoms with E-state index in [9.17, 15) is 4.79 Å². The maximum atomic E-state index is 11.2.